The lowest BCUT2D eigenvalue weighted by Gasteiger charge is -2.30. The fourth-order valence-corrected chi connectivity index (χ4v) is 3.82. The van der Waals surface area contributed by atoms with Crippen LogP contribution < -0.4 is 20.1 Å². The minimum Gasteiger partial charge on any atom is -0.490 e. The van der Waals surface area contributed by atoms with Crippen molar-refractivity contribution in [3.8, 4) is 11.5 Å². The molecule has 1 atom stereocenters. The van der Waals surface area contributed by atoms with Gasteiger partial charge in [0.1, 0.15) is 0 Å². The maximum absolute atomic E-state index is 12.6. The zero-order chi connectivity index (χ0) is 21.6. The minimum atomic E-state index is -0.523. The van der Waals surface area contributed by atoms with E-state index in [-0.39, 0.29) is 13.2 Å². The Kier molecular flexibility index (Phi) is 8.50. The normalized spacial score (nSPS) is 15.9. The summed E-state index contributed by atoms with van der Waals surface area (Å²) in [7, 11) is 1.29. The molecule has 0 saturated carbocycles. The number of carbonyl (C=O) groups is 2. The van der Waals surface area contributed by atoms with E-state index in [1.54, 1.807) is 19.9 Å². The van der Waals surface area contributed by atoms with E-state index in [1.807, 2.05) is 13.0 Å². The second kappa shape index (κ2) is 10.6. The number of ether oxygens (including phenoxy) is 4. The maximum atomic E-state index is 12.6. The molecule has 0 spiro atoms. The van der Waals surface area contributed by atoms with Crippen molar-refractivity contribution in [1.29, 1.82) is 0 Å². The molecule has 29 heavy (non-hydrogen) atoms. The van der Waals surface area contributed by atoms with Crippen LogP contribution in [-0.4, -0.2) is 44.0 Å². The van der Waals surface area contributed by atoms with Gasteiger partial charge in [-0.15, -0.1) is 0 Å². The van der Waals surface area contributed by atoms with Crippen molar-refractivity contribution < 1.29 is 28.5 Å². The molecule has 1 aromatic carbocycles. The molecule has 158 valence electrons. The highest BCUT2D eigenvalue weighted by Gasteiger charge is 2.32. The molecule has 0 aliphatic carbocycles. The lowest BCUT2D eigenvalue weighted by atomic mass is 9.95. The number of thiocarbonyl (C=S) groups is 1. The molecule has 2 N–H and O–H groups in total. The molecule has 2 rings (SSSR count). The van der Waals surface area contributed by atoms with Crippen molar-refractivity contribution in [2.75, 3.05) is 26.9 Å². The van der Waals surface area contributed by atoms with Crippen LogP contribution in [0.15, 0.2) is 23.4 Å². The number of allylic oxidation sites excluding steroid dienone is 1. The van der Waals surface area contributed by atoms with Crippen molar-refractivity contribution in [1.82, 2.24) is 10.6 Å². The Labute approximate surface area is 188 Å². The van der Waals surface area contributed by atoms with Gasteiger partial charge in [0.05, 0.1) is 35.5 Å². The van der Waals surface area contributed by atoms with Crippen LogP contribution in [-0.2, 0) is 19.1 Å². The van der Waals surface area contributed by atoms with Crippen LogP contribution in [0.4, 0.5) is 0 Å². The standard InChI is InChI=1S/C19H23IN2O6S/c1-5-26-13-8-11(7-12(20)17(13)28-9-14(23)25-4)16-15(18(24)27-6-2)10(3)21-19(29)22-16/h7-8,16H,5-6,9H2,1-4H3,(H2,21,22,29). The van der Waals surface area contributed by atoms with Gasteiger partial charge >= 0.3 is 11.9 Å². The van der Waals surface area contributed by atoms with E-state index < -0.39 is 18.0 Å². The van der Waals surface area contributed by atoms with Crippen molar-refractivity contribution in [2.24, 2.45) is 0 Å². The second-order valence-corrected chi connectivity index (χ2v) is 7.49. The van der Waals surface area contributed by atoms with E-state index in [2.05, 4.69) is 38.0 Å². The minimum absolute atomic E-state index is 0.241. The van der Waals surface area contributed by atoms with Crippen molar-refractivity contribution in [2.45, 2.75) is 26.8 Å². The van der Waals surface area contributed by atoms with Gasteiger partial charge in [-0.05, 0) is 73.3 Å². The highest BCUT2D eigenvalue weighted by atomic mass is 127. The first-order valence-corrected chi connectivity index (χ1v) is 10.4. The monoisotopic (exact) mass is 534 g/mol. The van der Waals surface area contributed by atoms with Gasteiger partial charge in [0.25, 0.3) is 0 Å². The molecule has 8 nitrogen and oxygen atoms in total. The molecule has 1 heterocycles. The molecule has 1 aliphatic rings. The van der Waals surface area contributed by atoms with E-state index in [9.17, 15) is 9.59 Å². The van der Waals surface area contributed by atoms with E-state index >= 15 is 0 Å². The second-order valence-electron chi connectivity index (χ2n) is 5.92. The number of hydrogen-bond acceptors (Lipinski definition) is 7. The first kappa shape index (κ1) is 23.2. The number of halogens is 1. The van der Waals surface area contributed by atoms with E-state index in [0.29, 0.717) is 38.1 Å². The predicted molar refractivity (Wildman–Crippen MR) is 119 cm³/mol. The van der Waals surface area contributed by atoms with Gasteiger partial charge in [-0.25, -0.2) is 9.59 Å². The van der Waals surface area contributed by atoms with Crippen LogP contribution in [0.1, 0.15) is 32.4 Å². The summed E-state index contributed by atoms with van der Waals surface area (Å²) in [5.41, 5.74) is 1.80. The van der Waals surface area contributed by atoms with Crippen LogP contribution in [0, 0.1) is 3.57 Å². The lowest BCUT2D eigenvalue weighted by molar-refractivity contribution is -0.143. The summed E-state index contributed by atoms with van der Waals surface area (Å²) in [6.45, 7) is 5.78. The Hall–Kier alpha value is -2.08. The van der Waals surface area contributed by atoms with Crippen LogP contribution in [0.2, 0.25) is 0 Å². The molecule has 0 bridgehead atoms. The quantitative estimate of drug-likeness (QED) is 0.297. The number of hydrogen-bond donors (Lipinski definition) is 2. The fourth-order valence-electron chi connectivity index (χ4n) is 2.77. The van der Waals surface area contributed by atoms with Crippen molar-refractivity contribution in [3.63, 3.8) is 0 Å². The molecule has 1 unspecified atom stereocenters. The topological polar surface area (TPSA) is 95.1 Å². The number of nitrogens with one attached hydrogen (secondary N) is 2. The summed E-state index contributed by atoms with van der Waals surface area (Å²) in [6, 6.07) is 3.08. The van der Waals surface area contributed by atoms with Gasteiger partial charge < -0.3 is 29.6 Å². The molecule has 0 fully saturated rings. The van der Waals surface area contributed by atoms with Crippen LogP contribution in [0.3, 0.4) is 0 Å². The summed E-state index contributed by atoms with van der Waals surface area (Å²) < 4.78 is 21.9. The lowest BCUT2D eigenvalue weighted by Crippen LogP contribution is -2.45. The smallest absolute Gasteiger partial charge is 0.343 e. The maximum Gasteiger partial charge on any atom is 0.343 e. The van der Waals surface area contributed by atoms with Gasteiger partial charge in [-0.3, -0.25) is 0 Å². The molecule has 10 heteroatoms. The van der Waals surface area contributed by atoms with Crippen molar-refractivity contribution >= 4 is 51.9 Å². The summed E-state index contributed by atoms with van der Waals surface area (Å²) in [5, 5.41) is 6.48. The zero-order valence-electron chi connectivity index (χ0n) is 16.6. The Balaban J connectivity index is 2.48. The van der Waals surface area contributed by atoms with E-state index in [1.165, 1.54) is 7.11 Å². The molecular weight excluding hydrogens is 511 g/mol. The number of carbonyl (C=O) groups excluding carboxylic acids is 2. The first-order valence-electron chi connectivity index (χ1n) is 8.93. The SMILES string of the molecule is CCOC(=O)C1=C(C)NC(=S)NC1c1cc(I)c(OCC(=O)OC)c(OCC)c1. The third-order valence-corrected chi connectivity index (χ3v) is 5.01. The van der Waals surface area contributed by atoms with Gasteiger partial charge in [0.2, 0.25) is 0 Å². The Morgan fingerprint density at radius 3 is 2.55 bits per heavy atom. The highest BCUT2D eigenvalue weighted by Crippen LogP contribution is 2.38. The number of rotatable bonds is 8. The Morgan fingerprint density at radius 1 is 1.21 bits per heavy atom. The predicted octanol–water partition coefficient (Wildman–Crippen LogP) is 2.60. The molecule has 1 aliphatic heterocycles. The van der Waals surface area contributed by atoms with E-state index in [4.69, 9.17) is 26.4 Å². The Morgan fingerprint density at radius 2 is 1.93 bits per heavy atom. The van der Waals surface area contributed by atoms with Crippen LogP contribution >= 0.6 is 34.8 Å². The summed E-state index contributed by atoms with van der Waals surface area (Å²) in [6.07, 6.45) is 0. The van der Waals surface area contributed by atoms with Gasteiger partial charge in [-0.2, -0.15) is 0 Å². The number of methoxy groups -OCH3 is 1. The number of benzene rings is 1. The summed E-state index contributed by atoms with van der Waals surface area (Å²) >= 11 is 7.36. The van der Waals surface area contributed by atoms with E-state index in [0.717, 1.165) is 5.56 Å². The zero-order valence-corrected chi connectivity index (χ0v) is 19.6. The molecule has 0 radical (unpaired) electrons. The van der Waals surface area contributed by atoms with Gasteiger partial charge in [-0.1, -0.05) is 0 Å². The van der Waals surface area contributed by atoms with Crippen LogP contribution in [0.5, 0.6) is 11.5 Å². The van der Waals surface area contributed by atoms with Crippen molar-refractivity contribution in [3.05, 3.63) is 32.5 Å². The average molecular weight is 534 g/mol. The molecule has 1 aromatic rings. The number of esters is 2. The van der Waals surface area contributed by atoms with Crippen LogP contribution in [0.25, 0.3) is 0 Å². The first-order chi connectivity index (χ1) is 13.8. The van der Waals surface area contributed by atoms with Gasteiger partial charge in [0.15, 0.2) is 23.2 Å². The summed E-state index contributed by atoms with van der Waals surface area (Å²) in [5.74, 6) is -0.0563. The Bertz CT molecular complexity index is 842. The molecule has 0 amide bonds. The highest BCUT2D eigenvalue weighted by molar-refractivity contribution is 14.1. The fraction of sp³-hybridized carbons (Fsp3) is 0.421. The molecule has 0 saturated heterocycles. The third-order valence-electron chi connectivity index (χ3n) is 3.99. The molecule has 0 aromatic heterocycles. The molecular formula is C19H23IN2O6S. The third kappa shape index (κ3) is 5.72. The average Bonchev–Trinajstić information content (AvgIpc) is 2.66. The summed E-state index contributed by atoms with van der Waals surface area (Å²) in [4.78, 5) is 24.0. The largest absolute Gasteiger partial charge is 0.490 e. The van der Waals surface area contributed by atoms with Gasteiger partial charge in [0, 0.05) is 5.70 Å².